The Morgan fingerprint density at radius 2 is 1.85 bits per heavy atom. The zero-order chi connectivity index (χ0) is 15.0. The molecule has 0 fully saturated rings. The summed E-state index contributed by atoms with van der Waals surface area (Å²) in [4.78, 5) is 1.36. The van der Waals surface area contributed by atoms with Crippen molar-refractivity contribution in [1.82, 2.24) is 10.2 Å². The predicted molar refractivity (Wildman–Crippen MR) is 72.3 cm³/mol. The van der Waals surface area contributed by atoms with Gasteiger partial charge in [-0.25, -0.2) is 0 Å². The number of rotatable bonds is 9. The van der Waals surface area contributed by atoms with Crippen LogP contribution in [0, 0.1) is 0 Å². The van der Waals surface area contributed by atoms with Gasteiger partial charge in [0.1, 0.15) is 11.5 Å². The van der Waals surface area contributed by atoms with Crippen LogP contribution in [0.4, 0.5) is 13.2 Å². The second kappa shape index (κ2) is 8.32. The highest BCUT2D eigenvalue weighted by Gasteiger charge is 2.30. The molecule has 0 amide bonds. The van der Waals surface area contributed by atoms with Gasteiger partial charge in [0.05, 0.1) is 19.6 Å². The molecule has 0 spiro atoms. The summed E-state index contributed by atoms with van der Waals surface area (Å²) in [5.41, 5.74) is 0. The molecule has 0 aliphatic heterocycles. The lowest BCUT2D eigenvalue weighted by molar-refractivity contribution is -0.147. The number of hydrogen-bond donors (Lipinski definition) is 1. The summed E-state index contributed by atoms with van der Waals surface area (Å²) in [5.74, 6) is 1.34. The number of alkyl halides is 3. The molecule has 116 valence electrons. The largest absolute Gasteiger partial charge is 0.463 e. The standard InChI is InChI=1S/C14H23F3N2O/c1-3-7-18-9-12-5-6-13(20-12)10-19(8-4-2)11-14(15,16)17/h5-6,18H,3-4,7-11H2,1-2H3. The molecule has 0 saturated heterocycles. The second-order valence-electron chi connectivity index (χ2n) is 4.87. The van der Waals surface area contributed by atoms with Crippen LogP contribution < -0.4 is 5.32 Å². The number of hydrogen-bond acceptors (Lipinski definition) is 3. The summed E-state index contributed by atoms with van der Waals surface area (Å²) in [5, 5.41) is 3.19. The maximum atomic E-state index is 12.5. The van der Waals surface area contributed by atoms with E-state index in [2.05, 4.69) is 12.2 Å². The van der Waals surface area contributed by atoms with Crippen LogP contribution in [0.3, 0.4) is 0 Å². The van der Waals surface area contributed by atoms with Crippen molar-refractivity contribution in [3.63, 3.8) is 0 Å². The molecule has 1 aromatic rings. The normalized spacial score (nSPS) is 12.3. The molecule has 0 radical (unpaired) electrons. The van der Waals surface area contributed by atoms with Gasteiger partial charge in [-0.1, -0.05) is 13.8 Å². The maximum absolute atomic E-state index is 12.5. The molecule has 0 aliphatic rings. The van der Waals surface area contributed by atoms with Gasteiger partial charge in [-0.15, -0.1) is 0 Å². The van der Waals surface area contributed by atoms with E-state index in [0.717, 1.165) is 18.7 Å². The fourth-order valence-corrected chi connectivity index (χ4v) is 1.99. The molecule has 0 bridgehead atoms. The SMILES string of the molecule is CCCNCc1ccc(CN(CCC)CC(F)(F)F)o1. The number of furan rings is 1. The van der Waals surface area contributed by atoms with E-state index in [9.17, 15) is 13.2 Å². The fourth-order valence-electron chi connectivity index (χ4n) is 1.99. The first kappa shape index (κ1) is 17.0. The molecule has 0 saturated carbocycles. The van der Waals surface area contributed by atoms with Gasteiger partial charge < -0.3 is 9.73 Å². The van der Waals surface area contributed by atoms with Crippen LogP contribution in [0.2, 0.25) is 0 Å². The average Bonchev–Trinajstić information content (AvgIpc) is 2.75. The molecule has 3 nitrogen and oxygen atoms in total. The minimum absolute atomic E-state index is 0.196. The minimum Gasteiger partial charge on any atom is -0.463 e. The summed E-state index contributed by atoms with van der Waals surface area (Å²) in [6.45, 7) is 5.15. The Hall–Kier alpha value is -1.01. The first-order chi connectivity index (χ1) is 9.44. The quantitative estimate of drug-likeness (QED) is 0.706. The number of halogens is 3. The van der Waals surface area contributed by atoms with Gasteiger partial charge in [-0.2, -0.15) is 13.2 Å². The first-order valence-corrected chi connectivity index (χ1v) is 7.02. The minimum atomic E-state index is -4.17. The van der Waals surface area contributed by atoms with E-state index in [1.54, 1.807) is 6.07 Å². The molecular formula is C14H23F3N2O. The Labute approximate surface area is 118 Å². The van der Waals surface area contributed by atoms with Gasteiger partial charge in [0.2, 0.25) is 0 Å². The molecule has 20 heavy (non-hydrogen) atoms. The lowest BCUT2D eigenvalue weighted by Gasteiger charge is -2.21. The summed E-state index contributed by atoms with van der Waals surface area (Å²) in [6.07, 6.45) is -2.46. The Bertz CT molecular complexity index is 377. The molecule has 1 aromatic heterocycles. The molecule has 1 heterocycles. The lowest BCUT2D eigenvalue weighted by atomic mass is 10.3. The van der Waals surface area contributed by atoms with Gasteiger partial charge >= 0.3 is 6.18 Å². The molecule has 0 unspecified atom stereocenters. The van der Waals surface area contributed by atoms with Crippen LogP contribution in [0.1, 0.15) is 38.2 Å². The Morgan fingerprint density at radius 1 is 1.15 bits per heavy atom. The van der Waals surface area contributed by atoms with Gasteiger partial charge in [0.25, 0.3) is 0 Å². The Kier molecular flexibility index (Phi) is 7.09. The van der Waals surface area contributed by atoms with Crippen molar-refractivity contribution in [1.29, 1.82) is 0 Å². The topological polar surface area (TPSA) is 28.4 Å². The predicted octanol–water partition coefficient (Wildman–Crippen LogP) is 3.55. The van der Waals surface area contributed by atoms with Crippen molar-refractivity contribution < 1.29 is 17.6 Å². The number of nitrogens with zero attached hydrogens (tertiary/aromatic N) is 1. The molecular weight excluding hydrogens is 269 g/mol. The van der Waals surface area contributed by atoms with E-state index < -0.39 is 12.7 Å². The van der Waals surface area contributed by atoms with Crippen LogP contribution in [0.15, 0.2) is 16.5 Å². The van der Waals surface area contributed by atoms with Crippen LogP contribution in [-0.2, 0) is 13.1 Å². The van der Waals surface area contributed by atoms with Crippen LogP contribution >= 0.6 is 0 Å². The van der Waals surface area contributed by atoms with Crippen molar-refractivity contribution >= 4 is 0 Å². The van der Waals surface area contributed by atoms with Gasteiger partial charge in [-0.3, -0.25) is 4.90 Å². The average molecular weight is 292 g/mol. The third kappa shape index (κ3) is 6.96. The van der Waals surface area contributed by atoms with Crippen LogP contribution in [0.5, 0.6) is 0 Å². The highest BCUT2D eigenvalue weighted by molar-refractivity contribution is 5.07. The highest BCUT2D eigenvalue weighted by Crippen LogP contribution is 2.19. The second-order valence-corrected chi connectivity index (χ2v) is 4.87. The van der Waals surface area contributed by atoms with Crippen molar-refractivity contribution in [2.24, 2.45) is 0 Å². The van der Waals surface area contributed by atoms with Crippen molar-refractivity contribution in [3.8, 4) is 0 Å². The van der Waals surface area contributed by atoms with E-state index in [-0.39, 0.29) is 6.54 Å². The van der Waals surface area contributed by atoms with Gasteiger partial charge in [-0.05, 0) is 38.1 Å². The molecule has 0 atom stereocenters. The van der Waals surface area contributed by atoms with Crippen molar-refractivity contribution in [2.45, 2.75) is 46.0 Å². The third-order valence-electron chi connectivity index (χ3n) is 2.77. The van der Waals surface area contributed by atoms with E-state index in [1.165, 1.54) is 4.90 Å². The van der Waals surface area contributed by atoms with Crippen molar-refractivity contribution in [2.75, 3.05) is 19.6 Å². The van der Waals surface area contributed by atoms with Crippen LogP contribution in [-0.4, -0.2) is 30.7 Å². The smallest absolute Gasteiger partial charge is 0.401 e. The van der Waals surface area contributed by atoms with Gasteiger partial charge in [0, 0.05) is 0 Å². The van der Waals surface area contributed by atoms with Crippen LogP contribution in [0.25, 0.3) is 0 Å². The molecule has 0 aliphatic carbocycles. The Balaban J connectivity index is 2.51. The summed E-state index contributed by atoms with van der Waals surface area (Å²) < 4.78 is 42.9. The van der Waals surface area contributed by atoms with E-state index in [4.69, 9.17) is 4.42 Å². The molecule has 1 rings (SSSR count). The first-order valence-electron chi connectivity index (χ1n) is 7.02. The Morgan fingerprint density at radius 3 is 2.45 bits per heavy atom. The number of nitrogens with one attached hydrogen (secondary N) is 1. The maximum Gasteiger partial charge on any atom is 0.401 e. The lowest BCUT2D eigenvalue weighted by Crippen LogP contribution is -2.34. The summed E-state index contributed by atoms with van der Waals surface area (Å²) in [6, 6.07) is 3.57. The van der Waals surface area contributed by atoms with Gasteiger partial charge in [0.15, 0.2) is 0 Å². The fraction of sp³-hybridized carbons (Fsp3) is 0.714. The summed E-state index contributed by atoms with van der Waals surface area (Å²) >= 11 is 0. The molecule has 1 N–H and O–H groups in total. The third-order valence-corrected chi connectivity index (χ3v) is 2.77. The van der Waals surface area contributed by atoms with E-state index >= 15 is 0 Å². The molecule has 0 aromatic carbocycles. The molecule has 6 heteroatoms. The van der Waals surface area contributed by atoms with Crippen molar-refractivity contribution in [3.05, 3.63) is 23.7 Å². The monoisotopic (exact) mass is 292 g/mol. The van der Waals surface area contributed by atoms with E-state index in [1.807, 2.05) is 13.0 Å². The zero-order valence-electron chi connectivity index (χ0n) is 12.1. The zero-order valence-corrected chi connectivity index (χ0v) is 12.1. The van der Waals surface area contributed by atoms with E-state index in [0.29, 0.717) is 25.3 Å². The highest BCUT2D eigenvalue weighted by atomic mass is 19.4. The summed E-state index contributed by atoms with van der Waals surface area (Å²) in [7, 11) is 0.